The van der Waals surface area contributed by atoms with E-state index in [4.69, 9.17) is 9.47 Å². The van der Waals surface area contributed by atoms with Gasteiger partial charge in [-0.05, 0) is 61.4 Å². The molecule has 0 radical (unpaired) electrons. The van der Waals surface area contributed by atoms with E-state index in [0.717, 1.165) is 44.4 Å². The SMILES string of the molecule is CCCCCCCCCCOc1cc(Cn2c3ccccc3c3ccc(Br)cc32)c(OCCCCCCCCCC)cc1Cn1c2ccccc2c2ccc(Br)cc21. The molecule has 0 spiro atoms. The van der Waals surface area contributed by atoms with Gasteiger partial charge in [-0.25, -0.2) is 0 Å². The average molecular weight is 907 g/mol. The second kappa shape index (κ2) is 21.5. The number of hydrogen-bond donors (Lipinski definition) is 0. The number of nitrogens with zero attached hydrogens (tertiary/aromatic N) is 2. The van der Waals surface area contributed by atoms with E-state index in [-0.39, 0.29) is 0 Å². The quantitative estimate of drug-likeness (QED) is 0.0565. The molecule has 0 unspecified atom stereocenters. The molecule has 0 fully saturated rings. The number of benzene rings is 5. The molecule has 0 aliphatic heterocycles. The molecule has 0 bridgehead atoms. The van der Waals surface area contributed by atoms with Gasteiger partial charge in [0.15, 0.2) is 0 Å². The molecule has 0 atom stereocenters. The predicted octanol–water partition coefficient (Wildman–Crippen LogP) is 16.6. The summed E-state index contributed by atoms with van der Waals surface area (Å²) in [6.45, 7) is 7.36. The van der Waals surface area contributed by atoms with Crippen LogP contribution in [-0.2, 0) is 13.1 Å². The summed E-state index contributed by atoms with van der Waals surface area (Å²) in [5.74, 6) is 1.92. The van der Waals surface area contributed by atoms with Crippen LogP contribution < -0.4 is 9.47 Å². The zero-order chi connectivity index (χ0) is 40.1. The minimum Gasteiger partial charge on any atom is -0.493 e. The molecule has 58 heavy (non-hydrogen) atoms. The van der Waals surface area contributed by atoms with Gasteiger partial charge in [0.05, 0.1) is 37.3 Å². The third-order valence-electron chi connectivity index (χ3n) is 11.9. The molecule has 0 saturated carbocycles. The molecular formula is C52H62Br2N2O2. The number of para-hydroxylation sites is 2. The van der Waals surface area contributed by atoms with Crippen molar-refractivity contribution in [3.05, 3.63) is 117 Å². The Hall–Kier alpha value is -3.74. The van der Waals surface area contributed by atoms with E-state index in [1.165, 1.54) is 134 Å². The first kappa shape index (κ1) is 42.4. The lowest BCUT2D eigenvalue weighted by molar-refractivity contribution is 0.290. The van der Waals surface area contributed by atoms with Crippen molar-refractivity contribution in [3.8, 4) is 11.5 Å². The van der Waals surface area contributed by atoms with Crippen molar-refractivity contribution in [3.63, 3.8) is 0 Å². The maximum Gasteiger partial charge on any atom is 0.124 e. The van der Waals surface area contributed by atoms with Gasteiger partial charge < -0.3 is 18.6 Å². The number of rotatable bonds is 24. The van der Waals surface area contributed by atoms with E-state index in [2.05, 4.69) is 152 Å². The molecule has 0 saturated heterocycles. The summed E-state index contributed by atoms with van der Waals surface area (Å²) in [6.07, 6.45) is 20.4. The zero-order valence-electron chi connectivity index (χ0n) is 34.8. The van der Waals surface area contributed by atoms with Crippen LogP contribution in [0, 0.1) is 0 Å². The van der Waals surface area contributed by atoms with Crippen molar-refractivity contribution in [2.75, 3.05) is 13.2 Å². The van der Waals surface area contributed by atoms with Crippen LogP contribution in [-0.4, -0.2) is 22.3 Å². The van der Waals surface area contributed by atoms with E-state index in [1.807, 2.05) is 0 Å². The number of ether oxygens (including phenoxy) is 2. The van der Waals surface area contributed by atoms with E-state index in [1.54, 1.807) is 0 Å². The molecule has 0 aliphatic carbocycles. The molecule has 0 aliphatic rings. The average Bonchev–Trinajstić information content (AvgIpc) is 3.71. The largest absolute Gasteiger partial charge is 0.493 e. The van der Waals surface area contributed by atoms with Crippen LogP contribution >= 0.6 is 31.9 Å². The van der Waals surface area contributed by atoms with Crippen LogP contribution in [0.1, 0.15) is 128 Å². The number of halogens is 2. The Bertz CT molecular complexity index is 2220. The molecule has 0 N–H and O–H groups in total. The van der Waals surface area contributed by atoms with Crippen LogP contribution in [0.3, 0.4) is 0 Å². The molecule has 7 rings (SSSR count). The van der Waals surface area contributed by atoms with Gasteiger partial charge in [0, 0.05) is 52.7 Å². The highest BCUT2D eigenvalue weighted by atomic mass is 79.9. The van der Waals surface area contributed by atoms with Crippen LogP contribution in [0.2, 0.25) is 0 Å². The van der Waals surface area contributed by atoms with E-state index in [0.29, 0.717) is 26.3 Å². The number of unbranched alkanes of at least 4 members (excludes halogenated alkanes) is 14. The van der Waals surface area contributed by atoms with Crippen molar-refractivity contribution >= 4 is 75.5 Å². The van der Waals surface area contributed by atoms with Gasteiger partial charge in [0.25, 0.3) is 0 Å². The number of fused-ring (bicyclic) bond motifs is 6. The van der Waals surface area contributed by atoms with E-state index >= 15 is 0 Å². The third-order valence-corrected chi connectivity index (χ3v) is 12.9. The summed E-state index contributed by atoms with van der Waals surface area (Å²) in [5, 5.41) is 5.07. The van der Waals surface area contributed by atoms with E-state index < -0.39 is 0 Å². The Morgan fingerprint density at radius 3 is 1.17 bits per heavy atom. The van der Waals surface area contributed by atoms with Gasteiger partial charge in [0.1, 0.15) is 11.5 Å². The third kappa shape index (κ3) is 10.5. The van der Waals surface area contributed by atoms with Crippen LogP contribution in [0.5, 0.6) is 11.5 Å². The fraction of sp³-hybridized carbons (Fsp3) is 0.423. The molecule has 4 nitrogen and oxygen atoms in total. The second-order valence-corrected chi connectivity index (χ2v) is 18.1. The standard InChI is InChI=1S/C52H62Br2N2O2/c1-3-5-7-9-11-13-15-21-31-57-51-33-40(38-56-48-26-20-18-24-44(48)46-30-28-42(54)36-50(46)56)52(58-32-22-16-14-12-10-8-6-4-2)34-39(51)37-55-47-25-19-17-23-43(47)45-29-27-41(53)35-49(45)55/h17-20,23-30,33-36H,3-16,21-22,31-32,37-38H2,1-2H3. The van der Waals surface area contributed by atoms with Crippen molar-refractivity contribution in [1.82, 2.24) is 9.13 Å². The Balaban J connectivity index is 1.24. The summed E-state index contributed by atoms with van der Waals surface area (Å²) >= 11 is 7.56. The van der Waals surface area contributed by atoms with Crippen molar-refractivity contribution in [2.45, 2.75) is 130 Å². The van der Waals surface area contributed by atoms with Gasteiger partial charge in [-0.1, -0.05) is 184 Å². The van der Waals surface area contributed by atoms with Gasteiger partial charge >= 0.3 is 0 Å². The molecule has 0 amide bonds. The fourth-order valence-electron chi connectivity index (χ4n) is 8.72. The Morgan fingerprint density at radius 1 is 0.397 bits per heavy atom. The number of hydrogen-bond acceptors (Lipinski definition) is 2. The van der Waals surface area contributed by atoms with Gasteiger partial charge in [-0.15, -0.1) is 0 Å². The van der Waals surface area contributed by atoms with Gasteiger partial charge in [-0.3, -0.25) is 0 Å². The normalized spacial score (nSPS) is 11.8. The Labute approximate surface area is 363 Å². The van der Waals surface area contributed by atoms with E-state index in [9.17, 15) is 0 Å². The molecule has 5 aromatic carbocycles. The van der Waals surface area contributed by atoms with Crippen LogP contribution in [0.4, 0.5) is 0 Å². The Kier molecular flexibility index (Phi) is 15.7. The monoisotopic (exact) mass is 904 g/mol. The van der Waals surface area contributed by atoms with Gasteiger partial charge in [-0.2, -0.15) is 0 Å². The smallest absolute Gasteiger partial charge is 0.124 e. The maximum absolute atomic E-state index is 6.89. The lowest BCUT2D eigenvalue weighted by Gasteiger charge is -2.20. The highest BCUT2D eigenvalue weighted by Gasteiger charge is 2.19. The molecule has 306 valence electrons. The van der Waals surface area contributed by atoms with Crippen LogP contribution in [0.15, 0.2) is 106 Å². The Morgan fingerprint density at radius 2 is 0.759 bits per heavy atom. The topological polar surface area (TPSA) is 28.3 Å². The fourth-order valence-corrected chi connectivity index (χ4v) is 9.42. The second-order valence-electron chi connectivity index (χ2n) is 16.2. The first-order chi connectivity index (χ1) is 28.6. The minimum atomic E-state index is 0.684. The van der Waals surface area contributed by atoms with Crippen molar-refractivity contribution in [2.24, 2.45) is 0 Å². The highest BCUT2D eigenvalue weighted by Crippen LogP contribution is 2.38. The van der Waals surface area contributed by atoms with Gasteiger partial charge in [0.2, 0.25) is 0 Å². The van der Waals surface area contributed by atoms with Crippen LogP contribution in [0.25, 0.3) is 43.6 Å². The minimum absolute atomic E-state index is 0.684. The predicted molar refractivity (Wildman–Crippen MR) is 255 cm³/mol. The summed E-state index contributed by atoms with van der Waals surface area (Å²) in [4.78, 5) is 0. The summed E-state index contributed by atoms with van der Waals surface area (Å²) < 4.78 is 20.9. The lowest BCUT2D eigenvalue weighted by Crippen LogP contribution is -2.10. The highest BCUT2D eigenvalue weighted by molar-refractivity contribution is 9.10. The lowest BCUT2D eigenvalue weighted by atomic mass is 10.1. The van der Waals surface area contributed by atoms with Crippen molar-refractivity contribution in [1.29, 1.82) is 0 Å². The summed E-state index contributed by atoms with van der Waals surface area (Å²) in [6, 6.07) is 35.5. The molecule has 6 heteroatoms. The molecule has 2 aromatic heterocycles. The zero-order valence-corrected chi connectivity index (χ0v) is 38.0. The summed E-state index contributed by atoms with van der Waals surface area (Å²) in [5.41, 5.74) is 7.19. The summed E-state index contributed by atoms with van der Waals surface area (Å²) in [7, 11) is 0. The number of aromatic nitrogens is 2. The first-order valence-electron chi connectivity index (χ1n) is 22.3. The maximum atomic E-state index is 6.89. The van der Waals surface area contributed by atoms with Crippen molar-refractivity contribution < 1.29 is 9.47 Å². The molecular weight excluding hydrogens is 844 g/mol. The first-order valence-corrected chi connectivity index (χ1v) is 23.9. The molecule has 2 heterocycles. The molecule has 7 aromatic rings.